The van der Waals surface area contributed by atoms with E-state index < -0.39 is 0 Å². The van der Waals surface area contributed by atoms with Gasteiger partial charge in [-0.25, -0.2) is 0 Å². The molecule has 0 aliphatic heterocycles. The summed E-state index contributed by atoms with van der Waals surface area (Å²) in [5, 5.41) is 4.06. The number of fused-ring (bicyclic) bond motifs is 2. The molecular formula is C13H18N2O. The van der Waals surface area contributed by atoms with Crippen molar-refractivity contribution in [1.82, 2.24) is 9.78 Å². The summed E-state index contributed by atoms with van der Waals surface area (Å²) >= 11 is 0. The fourth-order valence-corrected chi connectivity index (χ4v) is 3.55. The van der Waals surface area contributed by atoms with E-state index >= 15 is 0 Å². The van der Waals surface area contributed by atoms with Crippen LogP contribution in [0, 0.1) is 17.8 Å². The Labute approximate surface area is 95.8 Å². The fraction of sp³-hybridized carbons (Fsp3) is 0.692. The maximum atomic E-state index is 12.0. The molecule has 2 aliphatic carbocycles. The Kier molecular flexibility index (Phi) is 2.34. The fourth-order valence-electron chi connectivity index (χ4n) is 3.55. The zero-order chi connectivity index (χ0) is 11.1. The molecule has 2 fully saturated rings. The van der Waals surface area contributed by atoms with Gasteiger partial charge >= 0.3 is 0 Å². The van der Waals surface area contributed by atoms with Crippen molar-refractivity contribution < 1.29 is 4.79 Å². The van der Waals surface area contributed by atoms with Gasteiger partial charge in [-0.1, -0.05) is 6.42 Å². The van der Waals surface area contributed by atoms with Gasteiger partial charge in [-0.2, -0.15) is 5.10 Å². The van der Waals surface area contributed by atoms with Crippen LogP contribution in [0.1, 0.15) is 42.5 Å². The van der Waals surface area contributed by atoms with Gasteiger partial charge in [0.25, 0.3) is 0 Å². The molecule has 0 aromatic carbocycles. The van der Waals surface area contributed by atoms with Crippen LogP contribution in [0.15, 0.2) is 12.4 Å². The van der Waals surface area contributed by atoms with E-state index in [2.05, 4.69) is 5.10 Å². The number of nitrogens with zero attached hydrogens (tertiary/aromatic N) is 2. The van der Waals surface area contributed by atoms with Gasteiger partial charge in [0.05, 0.1) is 11.8 Å². The molecule has 3 nitrogen and oxygen atoms in total. The first kappa shape index (κ1) is 10.1. The minimum atomic E-state index is 0.283. The van der Waals surface area contributed by atoms with Gasteiger partial charge in [0, 0.05) is 19.7 Å². The Hall–Kier alpha value is -1.12. The molecule has 2 bridgehead atoms. The first-order valence-electron chi connectivity index (χ1n) is 6.24. The first-order valence-corrected chi connectivity index (χ1v) is 6.24. The van der Waals surface area contributed by atoms with Gasteiger partial charge in [-0.3, -0.25) is 9.48 Å². The molecule has 3 unspecified atom stereocenters. The van der Waals surface area contributed by atoms with Crippen LogP contribution in [0.4, 0.5) is 0 Å². The van der Waals surface area contributed by atoms with Crippen molar-refractivity contribution in [3.63, 3.8) is 0 Å². The third-order valence-corrected chi connectivity index (χ3v) is 4.36. The lowest BCUT2D eigenvalue weighted by Crippen LogP contribution is -2.15. The Morgan fingerprint density at radius 1 is 1.50 bits per heavy atom. The quantitative estimate of drug-likeness (QED) is 0.730. The first-order chi connectivity index (χ1) is 7.72. The lowest BCUT2D eigenvalue weighted by atomic mass is 9.84. The molecule has 3 rings (SSSR count). The third kappa shape index (κ3) is 1.68. The van der Waals surface area contributed by atoms with Gasteiger partial charge in [-0.15, -0.1) is 0 Å². The second kappa shape index (κ2) is 3.72. The summed E-state index contributed by atoms with van der Waals surface area (Å²) < 4.78 is 1.70. The zero-order valence-corrected chi connectivity index (χ0v) is 9.72. The molecule has 1 aromatic heterocycles. The van der Waals surface area contributed by atoms with Crippen molar-refractivity contribution in [2.45, 2.75) is 32.1 Å². The maximum absolute atomic E-state index is 12.0. The van der Waals surface area contributed by atoms with Gasteiger partial charge in [0.1, 0.15) is 0 Å². The second-order valence-corrected chi connectivity index (χ2v) is 5.46. The molecule has 1 heterocycles. The number of rotatable bonds is 3. The number of hydrogen-bond donors (Lipinski definition) is 0. The molecule has 0 N–H and O–H groups in total. The number of carbonyl (C=O) groups is 1. The van der Waals surface area contributed by atoms with Gasteiger partial charge < -0.3 is 0 Å². The van der Waals surface area contributed by atoms with E-state index in [4.69, 9.17) is 0 Å². The predicted octanol–water partition coefficient (Wildman–Crippen LogP) is 2.43. The monoisotopic (exact) mass is 218 g/mol. The van der Waals surface area contributed by atoms with Crippen molar-refractivity contribution in [3.8, 4) is 0 Å². The standard InChI is InChI=1S/C13H18N2O/c1-15-8-12(7-14-15)13(16)6-11-5-9-2-3-10(11)4-9/h7-11H,2-6H2,1H3. The van der Waals surface area contributed by atoms with Crippen LogP contribution in [-0.4, -0.2) is 15.6 Å². The summed E-state index contributed by atoms with van der Waals surface area (Å²) in [7, 11) is 1.86. The van der Waals surface area contributed by atoms with Gasteiger partial charge in [0.15, 0.2) is 5.78 Å². The highest BCUT2D eigenvalue weighted by atomic mass is 16.1. The molecule has 0 radical (unpaired) electrons. The number of Topliss-reactive ketones (excluding diaryl/α,β-unsaturated/α-hetero) is 1. The van der Waals surface area contributed by atoms with Crippen molar-refractivity contribution in [2.75, 3.05) is 0 Å². The third-order valence-electron chi connectivity index (χ3n) is 4.36. The van der Waals surface area contributed by atoms with Gasteiger partial charge in [-0.05, 0) is 37.0 Å². The average Bonchev–Trinajstić information content (AvgIpc) is 2.92. The van der Waals surface area contributed by atoms with Crippen LogP contribution in [0.25, 0.3) is 0 Å². The molecule has 1 aromatic rings. The lowest BCUT2D eigenvalue weighted by molar-refractivity contribution is 0.0944. The van der Waals surface area contributed by atoms with Crippen LogP contribution in [0.2, 0.25) is 0 Å². The SMILES string of the molecule is Cn1cc(C(=O)CC2CC3CCC2C3)cn1. The molecule has 2 aliphatic rings. The summed E-state index contributed by atoms with van der Waals surface area (Å²) in [6.07, 6.45) is 9.69. The summed E-state index contributed by atoms with van der Waals surface area (Å²) in [6, 6.07) is 0. The van der Waals surface area contributed by atoms with E-state index in [1.54, 1.807) is 10.9 Å². The molecule has 0 amide bonds. The number of carbonyl (C=O) groups excluding carboxylic acids is 1. The second-order valence-electron chi connectivity index (χ2n) is 5.46. The Morgan fingerprint density at radius 2 is 2.38 bits per heavy atom. The molecule has 3 atom stereocenters. The molecule has 2 saturated carbocycles. The smallest absolute Gasteiger partial charge is 0.166 e. The van der Waals surface area contributed by atoms with Crippen molar-refractivity contribution >= 4 is 5.78 Å². The molecule has 0 saturated heterocycles. The van der Waals surface area contributed by atoms with Gasteiger partial charge in [0.2, 0.25) is 0 Å². The number of aromatic nitrogens is 2. The maximum Gasteiger partial charge on any atom is 0.166 e. The summed E-state index contributed by atoms with van der Waals surface area (Å²) in [4.78, 5) is 12.0. The van der Waals surface area contributed by atoms with Crippen LogP contribution in [0.5, 0.6) is 0 Å². The number of ketones is 1. The van der Waals surface area contributed by atoms with Crippen molar-refractivity contribution in [1.29, 1.82) is 0 Å². The number of aryl methyl sites for hydroxylation is 1. The molecule has 3 heteroatoms. The van der Waals surface area contributed by atoms with Crippen LogP contribution in [-0.2, 0) is 7.05 Å². The van der Waals surface area contributed by atoms with Crippen molar-refractivity contribution in [2.24, 2.45) is 24.8 Å². The van der Waals surface area contributed by atoms with Crippen LogP contribution in [0.3, 0.4) is 0 Å². The molecule has 0 spiro atoms. The van der Waals surface area contributed by atoms with Crippen LogP contribution < -0.4 is 0 Å². The van der Waals surface area contributed by atoms with E-state index in [0.29, 0.717) is 5.92 Å². The normalized spacial score (nSPS) is 32.2. The predicted molar refractivity (Wildman–Crippen MR) is 61.1 cm³/mol. The van der Waals surface area contributed by atoms with E-state index in [9.17, 15) is 4.79 Å². The minimum absolute atomic E-state index is 0.283. The summed E-state index contributed by atoms with van der Waals surface area (Å²) in [5.74, 6) is 2.71. The van der Waals surface area contributed by atoms with E-state index in [1.807, 2.05) is 13.2 Å². The van der Waals surface area contributed by atoms with Crippen molar-refractivity contribution in [3.05, 3.63) is 18.0 Å². The van der Waals surface area contributed by atoms with Crippen LogP contribution >= 0.6 is 0 Å². The lowest BCUT2D eigenvalue weighted by Gasteiger charge is -2.20. The topological polar surface area (TPSA) is 34.9 Å². The Balaban J connectivity index is 1.65. The highest BCUT2D eigenvalue weighted by molar-refractivity contribution is 5.95. The van der Waals surface area contributed by atoms with E-state index in [0.717, 1.165) is 23.8 Å². The zero-order valence-electron chi connectivity index (χ0n) is 9.72. The summed E-state index contributed by atoms with van der Waals surface area (Å²) in [6.45, 7) is 0. The average molecular weight is 218 g/mol. The number of hydrogen-bond acceptors (Lipinski definition) is 2. The highest BCUT2D eigenvalue weighted by Crippen LogP contribution is 2.49. The molecular weight excluding hydrogens is 200 g/mol. The summed E-state index contributed by atoms with van der Waals surface area (Å²) in [5.41, 5.74) is 0.783. The van der Waals surface area contributed by atoms with E-state index in [-0.39, 0.29) is 5.78 Å². The highest BCUT2D eigenvalue weighted by Gasteiger charge is 2.40. The molecule has 86 valence electrons. The molecule has 16 heavy (non-hydrogen) atoms. The Morgan fingerprint density at radius 3 is 2.94 bits per heavy atom. The largest absolute Gasteiger partial charge is 0.294 e. The van der Waals surface area contributed by atoms with E-state index in [1.165, 1.54) is 25.7 Å². The minimum Gasteiger partial charge on any atom is -0.294 e. The Bertz CT molecular complexity index is 410.